The van der Waals surface area contributed by atoms with Crippen molar-refractivity contribution in [2.75, 3.05) is 6.61 Å². The van der Waals surface area contributed by atoms with Crippen molar-refractivity contribution in [1.29, 1.82) is 5.26 Å². The van der Waals surface area contributed by atoms with Crippen LogP contribution in [0, 0.1) is 11.3 Å². The maximum Gasteiger partial charge on any atom is 0.338 e. The number of nitrogens with zero attached hydrogens (tertiary/aromatic N) is 1. The van der Waals surface area contributed by atoms with Gasteiger partial charge in [-0.05, 0) is 25.1 Å². The summed E-state index contributed by atoms with van der Waals surface area (Å²) in [7, 11) is 0. The summed E-state index contributed by atoms with van der Waals surface area (Å²) in [6.07, 6.45) is 0. The van der Waals surface area contributed by atoms with E-state index in [1.165, 1.54) is 6.07 Å². The average Bonchev–Trinajstić information content (AvgIpc) is 2.28. The first-order valence-corrected chi connectivity index (χ1v) is 5.10. The van der Waals surface area contributed by atoms with Gasteiger partial charge in [0.05, 0.1) is 17.7 Å². The second-order valence-electron chi connectivity index (χ2n) is 2.62. The van der Waals surface area contributed by atoms with Crippen LogP contribution in [0.15, 0.2) is 18.2 Å². The fraction of sp³-hybridized carbons (Fsp3) is 0.200. The Hall–Kier alpha value is -1.29. The topological polar surface area (TPSA) is 59.3 Å². The quantitative estimate of drug-likeness (QED) is 0.635. The van der Waals surface area contributed by atoms with Gasteiger partial charge in [0.15, 0.2) is 28.8 Å². The zero-order chi connectivity index (χ0) is 11.3. The Labute approximate surface area is 101 Å². The number of hydrogen-bond acceptors (Lipinski definition) is 4. The largest absolute Gasteiger partial charge is 0.462 e. The molecule has 0 unspecified atom stereocenters. The van der Waals surface area contributed by atoms with Gasteiger partial charge in [0, 0.05) is 0 Å². The third-order valence-corrected chi connectivity index (χ3v) is 2.17. The predicted octanol–water partition coefficient (Wildman–Crippen LogP) is 2.46. The Morgan fingerprint density at radius 1 is 1.60 bits per heavy atom. The molecule has 0 saturated carbocycles. The van der Waals surface area contributed by atoms with Gasteiger partial charge in [-0.25, -0.2) is 4.79 Å². The first-order chi connectivity index (χ1) is 7.22. The number of halogens is 1. The van der Waals surface area contributed by atoms with Crippen molar-refractivity contribution in [3.8, 4) is 11.8 Å². The third-order valence-electron chi connectivity index (χ3n) is 1.69. The van der Waals surface area contributed by atoms with Gasteiger partial charge >= 0.3 is 5.97 Å². The van der Waals surface area contributed by atoms with Crippen molar-refractivity contribution in [3.05, 3.63) is 29.3 Å². The van der Waals surface area contributed by atoms with Crippen LogP contribution in [0.4, 0.5) is 0 Å². The molecule has 0 saturated heterocycles. The van der Waals surface area contributed by atoms with Crippen LogP contribution >= 0.6 is 23.0 Å². The first-order valence-electron chi connectivity index (χ1n) is 4.22. The summed E-state index contributed by atoms with van der Waals surface area (Å²) in [6, 6.07) is 6.53. The van der Waals surface area contributed by atoms with Crippen LogP contribution in [0.1, 0.15) is 22.8 Å². The van der Waals surface area contributed by atoms with E-state index in [4.69, 9.17) is 13.1 Å². The summed E-state index contributed by atoms with van der Waals surface area (Å²) in [5, 5.41) is 8.80. The minimum absolute atomic E-state index is 0.311. The van der Waals surface area contributed by atoms with Crippen molar-refractivity contribution in [3.63, 3.8) is 0 Å². The van der Waals surface area contributed by atoms with E-state index in [-0.39, 0.29) is 0 Å². The molecular weight excluding hydrogens is 309 g/mol. The van der Waals surface area contributed by atoms with E-state index in [9.17, 15) is 4.79 Å². The standard InChI is InChI=1S/C10H8INO3/c1-2-14-10(13)7-3-4-9(15-11)8(5-7)6-12/h3-5H,2H2,1H3. The number of benzene rings is 1. The Kier molecular flexibility index (Phi) is 4.37. The minimum Gasteiger partial charge on any atom is -0.462 e. The van der Waals surface area contributed by atoms with Crippen molar-refractivity contribution in [1.82, 2.24) is 0 Å². The molecule has 0 bridgehead atoms. The lowest BCUT2D eigenvalue weighted by Crippen LogP contribution is -2.04. The SMILES string of the molecule is CCOC(=O)c1ccc(OI)c(C#N)c1. The molecule has 5 heteroatoms. The molecule has 0 spiro atoms. The van der Waals surface area contributed by atoms with Gasteiger partial charge in [0.1, 0.15) is 6.07 Å². The highest BCUT2D eigenvalue weighted by molar-refractivity contribution is 14.1. The highest BCUT2D eigenvalue weighted by Crippen LogP contribution is 2.21. The summed E-state index contributed by atoms with van der Waals surface area (Å²) >= 11 is 1.68. The second-order valence-corrected chi connectivity index (χ2v) is 3.06. The molecule has 0 atom stereocenters. The molecule has 0 heterocycles. The third kappa shape index (κ3) is 2.83. The molecule has 4 nitrogen and oxygen atoms in total. The predicted molar refractivity (Wildman–Crippen MR) is 61.8 cm³/mol. The van der Waals surface area contributed by atoms with Crippen LogP contribution < -0.4 is 3.07 Å². The van der Waals surface area contributed by atoms with Crippen molar-refractivity contribution >= 4 is 29.0 Å². The van der Waals surface area contributed by atoms with Crippen molar-refractivity contribution in [2.24, 2.45) is 0 Å². The van der Waals surface area contributed by atoms with E-state index in [2.05, 4.69) is 0 Å². The Morgan fingerprint density at radius 2 is 2.33 bits per heavy atom. The molecule has 1 rings (SSSR count). The van der Waals surface area contributed by atoms with Gasteiger partial charge < -0.3 is 7.80 Å². The van der Waals surface area contributed by atoms with Gasteiger partial charge in [0.25, 0.3) is 0 Å². The van der Waals surface area contributed by atoms with E-state index in [0.717, 1.165) is 0 Å². The van der Waals surface area contributed by atoms with Crippen molar-refractivity contribution < 1.29 is 12.6 Å². The highest BCUT2D eigenvalue weighted by Gasteiger charge is 2.10. The second kappa shape index (κ2) is 5.56. The summed E-state index contributed by atoms with van der Waals surface area (Å²) < 4.78 is 9.74. The molecule has 0 fully saturated rings. The molecule has 0 radical (unpaired) electrons. The van der Waals surface area contributed by atoms with Crippen LogP contribution in [0.3, 0.4) is 0 Å². The van der Waals surface area contributed by atoms with E-state index in [1.54, 1.807) is 42.1 Å². The monoisotopic (exact) mass is 317 g/mol. The maximum atomic E-state index is 11.3. The number of nitriles is 1. The molecule has 0 aliphatic heterocycles. The Bertz CT molecular complexity index is 412. The number of hydrogen-bond donors (Lipinski definition) is 0. The number of esters is 1. The van der Waals surface area contributed by atoms with E-state index in [0.29, 0.717) is 23.5 Å². The molecule has 1 aromatic rings. The number of rotatable bonds is 3. The van der Waals surface area contributed by atoms with Crippen LogP contribution in [0.2, 0.25) is 0 Å². The smallest absolute Gasteiger partial charge is 0.338 e. The fourth-order valence-corrected chi connectivity index (χ4v) is 1.41. The zero-order valence-electron chi connectivity index (χ0n) is 7.99. The average molecular weight is 317 g/mol. The molecule has 0 N–H and O–H groups in total. The Balaban J connectivity index is 3.04. The van der Waals surface area contributed by atoms with E-state index in [1.807, 2.05) is 6.07 Å². The zero-order valence-corrected chi connectivity index (χ0v) is 10.1. The van der Waals surface area contributed by atoms with E-state index < -0.39 is 5.97 Å². The van der Waals surface area contributed by atoms with Crippen LogP contribution in [0.25, 0.3) is 0 Å². The van der Waals surface area contributed by atoms with Gasteiger partial charge in [0.2, 0.25) is 0 Å². The van der Waals surface area contributed by atoms with E-state index >= 15 is 0 Å². The molecular formula is C10H8INO3. The molecule has 0 aliphatic carbocycles. The summed E-state index contributed by atoms with van der Waals surface area (Å²) in [5.74, 6) is 0.000145. The maximum absolute atomic E-state index is 11.3. The van der Waals surface area contributed by atoms with Crippen LogP contribution in [0.5, 0.6) is 5.75 Å². The molecule has 78 valence electrons. The fourth-order valence-electron chi connectivity index (χ4n) is 1.03. The summed E-state index contributed by atoms with van der Waals surface area (Å²) in [5.41, 5.74) is 0.667. The van der Waals surface area contributed by atoms with Gasteiger partial charge in [-0.3, -0.25) is 0 Å². The van der Waals surface area contributed by atoms with Gasteiger partial charge in [-0.2, -0.15) is 5.26 Å². The molecule has 0 aliphatic rings. The summed E-state index contributed by atoms with van der Waals surface area (Å²) in [4.78, 5) is 11.3. The number of carbonyl (C=O) groups excluding carboxylic acids is 1. The number of carbonyl (C=O) groups is 1. The normalized spacial score (nSPS) is 9.13. The number of ether oxygens (including phenoxy) is 1. The lowest BCUT2D eigenvalue weighted by Gasteiger charge is -2.04. The first kappa shape index (κ1) is 11.8. The lowest BCUT2D eigenvalue weighted by molar-refractivity contribution is 0.0526. The highest BCUT2D eigenvalue weighted by atomic mass is 127. The van der Waals surface area contributed by atoms with Crippen LogP contribution in [-0.4, -0.2) is 12.6 Å². The molecule has 15 heavy (non-hydrogen) atoms. The molecule has 1 aromatic carbocycles. The molecule has 0 aromatic heterocycles. The molecule has 0 amide bonds. The summed E-state index contributed by atoms with van der Waals surface area (Å²) in [6.45, 7) is 2.04. The van der Waals surface area contributed by atoms with Crippen LogP contribution in [-0.2, 0) is 4.74 Å². The van der Waals surface area contributed by atoms with Gasteiger partial charge in [-0.1, -0.05) is 0 Å². The van der Waals surface area contributed by atoms with Crippen molar-refractivity contribution in [2.45, 2.75) is 6.92 Å². The lowest BCUT2D eigenvalue weighted by atomic mass is 10.1. The Morgan fingerprint density at radius 3 is 2.87 bits per heavy atom. The minimum atomic E-state index is -0.436. The van der Waals surface area contributed by atoms with Gasteiger partial charge in [-0.15, -0.1) is 0 Å².